The van der Waals surface area contributed by atoms with E-state index in [1.807, 2.05) is 37.4 Å². The van der Waals surface area contributed by atoms with Crippen molar-refractivity contribution in [2.75, 3.05) is 31.8 Å². The molecule has 4 rings (SSSR count). The first-order valence-corrected chi connectivity index (χ1v) is 13.7. The second-order valence-corrected chi connectivity index (χ2v) is 11.4. The number of carbonyl (C=O) groups is 1. The van der Waals surface area contributed by atoms with Crippen molar-refractivity contribution < 1.29 is 17.9 Å². The maximum atomic E-state index is 12.9. The molecule has 2 heterocycles. The number of hydrogen-bond donors (Lipinski definition) is 1. The maximum absolute atomic E-state index is 12.9. The van der Waals surface area contributed by atoms with Crippen molar-refractivity contribution >= 4 is 54.4 Å². The average Bonchev–Trinajstić information content (AvgIpc) is 3.24. The van der Waals surface area contributed by atoms with Crippen molar-refractivity contribution in [1.82, 2.24) is 9.29 Å². The van der Waals surface area contributed by atoms with Gasteiger partial charge in [0.25, 0.3) is 0 Å². The van der Waals surface area contributed by atoms with E-state index in [-0.39, 0.29) is 16.7 Å². The summed E-state index contributed by atoms with van der Waals surface area (Å²) < 4.78 is 33.7. The molecule has 0 radical (unpaired) electrons. The number of amides is 1. The Morgan fingerprint density at radius 1 is 1.19 bits per heavy atom. The van der Waals surface area contributed by atoms with Crippen LogP contribution < -0.4 is 10.1 Å². The number of fused-ring (bicyclic) bond motifs is 1. The zero-order valence-corrected chi connectivity index (χ0v) is 20.6. The van der Waals surface area contributed by atoms with E-state index in [1.54, 1.807) is 31.0 Å². The van der Waals surface area contributed by atoms with Crippen molar-refractivity contribution in [2.24, 2.45) is 5.92 Å². The Labute approximate surface area is 196 Å². The predicted octanol–water partition coefficient (Wildman–Crippen LogP) is 4.37. The number of thiazole rings is 1. The van der Waals surface area contributed by atoms with Crippen LogP contribution in [0.5, 0.6) is 5.75 Å². The van der Waals surface area contributed by atoms with E-state index in [9.17, 15) is 13.2 Å². The molecule has 170 valence electrons. The highest BCUT2D eigenvalue weighted by Crippen LogP contribution is 2.35. The fraction of sp³-hybridized carbons (Fsp3) is 0.364. The number of methoxy groups -OCH3 is 1. The van der Waals surface area contributed by atoms with E-state index >= 15 is 0 Å². The quantitative estimate of drug-likeness (QED) is 0.515. The summed E-state index contributed by atoms with van der Waals surface area (Å²) >= 11 is 2.99. The number of ether oxygens (including phenoxy) is 1. The van der Waals surface area contributed by atoms with Crippen LogP contribution in [0.15, 0.2) is 46.2 Å². The molecular formula is C22H25N3O4S3. The third kappa shape index (κ3) is 4.50. The minimum absolute atomic E-state index is 0.123. The molecule has 10 heteroatoms. The van der Waals surface area contributed by atoms with Crippen molar-refractivity contribution in [1.29, 1.82) is 0 Å². The lowest BCUT2D eigenvalue weighted by Crippen LogP contribution is -2.41. The SMILES string of the molecule is COc1ccc(C)c2sc(NC(=O)C3CCN(S(=O)(=O)c4ccc(SC)cc4)CC3)nc12. The lowest BCUT2D eigenvalue weighted by Gasteiger charge is -2.30. The second kappa shape index (κ2) is 9.38. The summed E-state index contributed by atoms with van der Waals surface area (Å²) in [5, 5.41) is 3.45. The first-order valence-electron chi connectivity index (χ1n) is 10.2. The van der Waals surface area contributed by atoms with Crippen LogP contribution in [0.3, 0.4) is 0 Å². The summed E-state index contributed by atoms with van der Waals surface area (Å²) in [6.45, 7) is 2.63. The third-order valence-corrected chi connectivity index (χ3v) is 9.44. The van der Waals surface area contributed by atoms with Crippen molar-refractivity contribution in [3.63, 3.8) is 0 Å². The van der Waals surface area contributed by atoms with Gasteiger partial charge in [0.05, 0.1) is 16.7 Å². The second-order valence-electron chi connectivity index (χ2n) is 7.62. The van der Waals surface area contributed by atoms with Gasteiger partial charge < -0.3 is 10.1 Å². The van der Waals surface area contributed by atoms with E-state index < -0.39 is 10.0 Å². The van der Waals surface area contributed by atoms with Crippen LogP contribution in [-0.2, 0) is 14.8 Å². The van der Waals surface area contributed by atoms with Crippen molar-refractivity contribution in [3.05, 3.63) is 42.0 Å². The molecule has 1 saturated heterocycles. The van der Waals surface area contributed by atoms with Crippen LogP contribution in [0.2, 0.25) is 0 Å². The monoisotopic (exact) mass is 491 g/mol. The summed E-state index contributed by atoms with van der Waals surface area (Å²) in [6, 6.07) is 10.7. The fourth-order valence-electron chi connectivity index (χ4n) is 3.79. The largest absolute Gasteiger partial charge is 0.494 e. The molecule has 1 N–H and O–H groups in total. The van der Waals surface area contributed by atoms with Gasteiger partial charge in [-0.3, -0.25) is 4.79 Å². The van der Waals surface area contributed by atoms with E-state index in [2.05, 4.69) is 10.3 Å². The lowest BCUT2D eigenvalue weighted by molar-refractivity contribution is -0.120. The number of carbonyl (C=O) groups excluding carboxylic acids is 1. The zero-order valence-electron chi connectivity index (χ0n) is 18.1. The molecule has 1 fully saturated rings. The molecule has 0 aliphatic carbocycles. The number of benzene rings is 2. The number of rotatable bonds is 6. The highest BCUT2D eigenvalue weighted by Gasteiger charge is 2.32. The Bertz CT molecular complexity index is 1230. The standard InChI is InChI=1S/C22H25N3O4S3/c1-14-4-9-18(29-2)19-20(14)31-22(23-19)24-21(26)15-10-12-25(13-11-15)32(27,28)17-7-5-16(30-3)6-8-17/h4-9,15H,10-13H2,1-3H3,(H,23,24,26). The van der Waals surface area contributed by atoms with E-state index in [0.29, 0.717) is 36.8 Å². The first-order chi connectivity index (χ1) is 15.3. The van der Waals surface area contributed by atoms with Crippen LogP contribution in [0.25, 0.3) is 10.2 Å². The number of hydrogen-bond acceptors (Lipinski definition) is 7. The molecule has 0 bridgehead atoms. The first kappa shape index (κ1) is 23.0. The van der Waals surface area contributed by atoms with Gasteiger partial charge in [-0.25, -0.2) is 13.4 Å². The molecule has 0 saturated carbocycles. The molecule has 0 spiro atoms. The van der Waals surface area contributed by atoms with E-state index in [0.717, 1.165) is 20.7 Å². The smallest absolute Gasteiger partial charge is 0.243 e. The van der Waals surface area contributed by atoms with Gasteiger partial charge in [-0.1, -0.05) is 17.4 Å². The summed E-state index contributed by atoms with van der Waals surface area (Å²) in [5.74, 6) is 0.295. The highest BCUT2D eigenvalue weighted by atomic mass is 32.2. The zero-order chi connectivity index (χ0) is 22.9. The number of aryl methyl sites for hydroxylation is 1. The Morgan fingerprint density at radius 2 is 1.88 bits per heavy atom. The van der Waals surface area contributed by atoms with Gasteiger partial charge in [-0.2, -0.15) is 4.31 Å². The summed E-state index contributed by atoms with van der Waals surface area (Å²) in [5.41, 5.74) is 1.81. The van der Waals surface area contributed by atoms with Crippen molar-refractivity contribution in [2.45, 2.75) is 29.6 Å². The van der Waals surface area contributed by atoms with Gasteiger partial charge >= 0.3 is 0 Å². The minimum Gasteiger partial charge on any atom is -0.494 e. The van der Waals surface area contributed by atoms with Gasteiger partial charge in [0.1, 0.15) is 11.3 Å². The van der Waals surface area contributed by atoms with Gasteiger partial charge in [0.2, 0.25) is 15.9 Å². The average molecular weight is 492 g/mol. The molecule has 1 amide bonds. The van der Waals surface area contributed by atoms with Crippen LogP contribution in [0.4, 0.5) is 5.13 Å². The number of nitrogens with zero attached hydrogens (tertiary/aromatic N) is 2. The van der Waals surface area contributed by atoms with Crippen LogP contribution >= 0.6 is 23.1 Å². The summed E-state index contributed by atoms with van der Waals surface area (Å²) in [6.07, 6.45) is 2.90. The molecule has 3 aromatic rings. The number of thioether (sulfide) groups is 1. The number of piperidine rings is 1. The number of sulfonamides is 1. The maximum Gasteiger partial charge on any atom is 0.243 e. The van der Waals surface area contributed by atoms with Crippen LogP contribution in [0, 0.1) is 12.8 Å². The number of nitrogens with one attached hydrogen (secondary N) is 1. The Hall–Kier alpha value is -2.14. The lowest BCUT2D eigenvalue weighted by atomic mass is 9.97. The van der Waals surface area contributed by atoms with Gasteiger partial charge in [0.15, 0.2) is 5.13 Å². The van der Waals surface area contributed by atoms with Gasteiger partial charge in [-0.05, 0) is 61.9 Å². The van der Waals surface area contributed by atoms with E-state index in [4.69, 9.17) is 4.74 Å². The normalized spacial score (nSPS) is 15.7. The molecule has 0 atom stereocenters. The third-order valence-electron chi connectivity index (χ3n) is 5.68. The van der Waals surface area contributed by atoms with E-state index in [1.165, 1.54) is 15.6 Å². The molecular weight excluding hydrogens is 466 g/mol. The number of aromatic nitrogens is 1. The topological polar surface area (TPSA) is 88.6 Å². The molecule has 7 nitrogen and oxygen atoms in total. The molecule has 1 aliphatic heterocycles. The Kier molecular flexibility index (Phi) is 6.75. The van der Waals surface area contributed by atoms with Crippen LogP contribution in [0.1, 0.15) is 18.4 Å². The highest BCUT2D eigenvalue weighted by molar-refractivity contribution is 7.98. The molecule has 2 aromatic carbocycles. The van der Waals surface area contributed by atoms with Crippen LogP contribution in [-0.4, -0.2) is 50.1 Å². The van der Waals surface area contributed by atoms with Crippen molar-refractivity contribution in [3.8, 4) is 5.75 Å². The predicted molar refractivity (Wildman–Crippen MR) is 129 cm³/mol. The minimum atomic E-state index is -3.56. The molecule has 32 heavy (non-hydrogen) atoms. The summed E-state index contributed by atoms with van der Waals surface area (Å²) in [4.78, 5) is 18.7. The molecule has 1 aromatic heterocycles. The van der Waals surface area contributed by atoms with Gasteiger partial charge in [-0.15, -0.1) is 11.8 Å². The molecule has 1 aliphatic rings. The summed E-state index contributed by atoms with van der Waals surface area (Å²) in [7, 11) is -1.96. The number of anilines is 1. The van der Waals surface area contributed by atoms with Gasteiger partial charge in [0, 0.05) is 23.9 Å². The Balaban J connectivity index is 1.41. The molecule has 0 unspecified atom stereocenters. The fourth-order valence-corrected chi connectivity index (χ4v) is 6.62. The Morgan fingerprint density at radius 3 is 2.50 bits per heavy atom.